The number of benzene rings is 5. The monoisotopic (exact) mass is 879 g/mol. The quantitative estimate of drug-likeness (QED) is 0.0867. The van der Waals surface area contributed by atoms with Gasteiger partial charge in [0.2, 0.25) is 11.8 Å². The summed E-state index contributed by atoms with van der Waals surface area (Å²) in [5.74, 6) is -1.39. The highest BCUT2D eigenvalue weighted by Gasteiger charge is 2.40. The molecule has 4 atom stereocenters. The zero-order chi connectivity index (χ0) is 45.7. The van der Waals surface area contributed by atoms with Gasteiger partial charge in [-0.2, -0.15) is 0 Å². The summed E-state index contributed by atoms with van der Waals surface area (Å²) in [6, 6.07) is 39.5. The van der Waals surface area contributed by atoms with Crippen LogP contribution in [0, 0.1) is 0 Å². The molecule has 2 aliphatic heterocycles. The number of carbonyl (C=O) groups excluding carboxylic acids is 6. The van der Waals surface area contributed by atoms with Crippen molar-refractivity contribution in [3.63, 3.8) is 0 Å². The third kappa shape index (κ3) is 11.5. The van der Waals surface area contributed by atoms with Gasteiger partial charge in [-0.15, -0.1) is 0 Å². The van der Waals surface area contributed by atoms with Gasteiger partial charge in [0.1, 0.15) is 24.2 Å². The normalized spacial score (nSPS) is 16.4. The number of nitrogens with zero attached hydrogens (tertiary/aromatic N) is 3. The third-order valence-electron chi connectivity index (χ3n) is 11.6. The van der Waals surface area contributed by atoms with Gasteiger partial charge in [0.15, 0.2) is 0 Å². The highest BCUT2D eigenvalue weighted by molar-refractivity contribution is 6.00. The lowest BCUT2D eigenvalue weighted by molar-refractivity contribution is -0.138. The maximum absolute atomic E-state index is 13.8. The van der Waals surface area contributed by atoms with E-state index in [0.717, 1.165) is 16.8 Å². The largest absolute Gasteiger partial charge is 0.453 e. The summed E-state index contributed by atoms with van der Waals surface area (Å²) < 4.78 is 9.57. The van der Waals surface area contributed by atoms with Crippen molar-refractivity contribution in [2.24, 2.45) is 0 Å². The third-order valence-corrected chi connectivity index (χ3v) is 11.6. The number of carbonyl (C=O) groups is 6. The molecule has 5 aromatic carbocycles. The fourth-order valence-corrected chi connectivity index (χ4v) is 8.31. The molecule has 2 fully saturated rings. The Bertz CT molecular complexity index is 2270. The fourth-order valence-electron chi connectivity index (χ4n) is 8.31. The van der Waals surface area contributed by atoms with Crippen LogP contribution in [0.25, 0.3) is 0 Å². The Morgan fingerprint density at radius 2 is 0.908 bits per heavy atom. The summed E-state index contributed by atoms with van der Waals surface area (Å²) >= 11 is 0. The van der Waals surface area contributed by atoms with E-state index in [0.29, 0.717) is 74.4 Å². The molecule has 15 nitrogen and oxygen atoms in total. The number of nitrogens with one attached hydrogen (secondary N) is 4. The van der Waals surface area contributed by atoms with Gasteiger partial charge in [0, 0.05) is 43.2 Å². The molecule has 0 aromatic heterocycles. The van der Waals surface area contributed by atoms with Gasteiger partial charge in [0.25, 0.3) is 11.8 Å². The summed E-state index contributed by atoms with van der Waals surface area (Å²) in [5.41, 5.74) is 5.36. The molecule has 4 N–H and O–H groups in total. The minimum Gasteiger partial charge on any atom is -0.453 e. The van der Waals surface area contributed by atoms with Crippen LogP contribution in [0.1, 0.15) is 60.0 Å². The van der Waals surface area contributed by atoms with Crippen LogP contribution in [0.5, 0.6) is 0 Å². The van der Waals surface area contributed by atoms with Crippen LogP contribution >= 0.6 is 0 Å². The second-order valence-electron chi connectivity index (χ2n) is 15.9. The molecule has 7 rings (SSSR count). The van der Waals surface area contributed by atoms with E-state index < -0.39 is 36.4 Å². The number of hydrogen-bond donors (Lipinski definition) is 4. The maximum atomic E-state index is 13.8. The lowest BCUT2D eigenvalue weighted by Crippen LogP contribution is -2.48. The highest BCUT2D eigenvalue weighted by atomic mass is 16.5. The van der Waals surface area contributed by atoms with Crippen molar-refractivity contribution >= 4 is 52.9 Å². The second kappa shape index (κ2) is 21.6. The number of amides is 6. The van der Waals surface area contributed by atoms with Crippen LogP contribution in [-0.2, 0) is 41.7 Å². The van der Waals surface area contributed by atoms with E-state index in [9.17, 15) is 28.8 Å². The Morgan fingerprint density at radius 1 is 0.538 bits per heavy atom. The molecule has 0 aliphatic carbocycles. The van der Waals surface area contributed by atoms with Gasteiger partial charge in [-0.25, -0.2) is 9.59 Å². The van der Waals surface area contributed by atoms with Gasteiger partial charge in [0.05, 0.1) is 14.2 Å². The van der Waals surface area contributed by atoms with Gasteiger partial charge in [-0.1, -0.05) is 103 Å². The van der Waals surface area contributed by atoms with Crippen molar-refractivity contribution in [3.05, 3.63) is 162 Å². The van der Waals surface area contributed by atoms with Gasteiger partial charge in [-0.3, -0.25) is 19.2 Å². The number of anilines is 3. The number of rotatable bonds is 15. The van der Waals surface area contributed by atoms with Crippen LogP contribution in [-0.4, -0.2) is 85.0 Å². The molecule has 6 amide bonds. The highest BCUT2D eigenvalue weighted by Crippen LogP contribution is 2.28. The smallest absolute Gasteiger partial charge is 0.407 e. The average molecular weight is 880 g/mol. The molecule has 2 heterocycles. The Balaban J connectivity index is 0.972. The molecule has 0 saturated carbocycles. The Labute approximate surface area is 378 Å². The molecule has 0 radical (unpaired) electrons. The molecule has 65 heavy (non-hydrogen) atoms. The van der Waals surface area contributed by atoms with Gasteiger partial charge in [-0.05, 0) is 84.3 Å². The predicted molar refractivity (Wildman–Crippen MR) is 245 cm³/mol. The van der Waals surface area contributed by atoms with Crippen molar-refractivity contribution in [2.45, 2.75) is 62.9 Å². The molecule has 336 valence electrons. The van der Waals surface area contributed by atoms with Gasteiger partial charge < -0.3 is 45.4 Å². The Kier molecular flexibility index (Phi) is 15.1. The lowest BCUT2D eigenvalue weighted by Gasteiger charge is -2.29. The summed E-state index contributed by atoms with van der Waals surface area (Å²) in [6.07, 6.45) is 0.779. The minimum absolute atomic E-state index is 0.308. The first-order valence-electron chi connectivity index (χ1n) is 21.6. The van der Waals surface area contributed by atoms with Crippen LogP contribution in [0.2, 0.25) is 0 Å². The zero-order valence-corrected chi connectivity index (χ0v) is 36.4. The molecule has 0 spiro atoms. The maximum Gasteiger partial charge on any atom is 0.407 e. The number of para-hydroxylation sites is 1. The lowest BCUT2D eigenvalue weighted by atomic mass is 10.0. The number of ether oxygens (including phenoxy) is 2. The molecule has 0 unspecified atom stereocenters. The van der Waals surface area contributed by atoms with E-state index in [2.05, 4.69) is 26.2 Å². The van der Waals surface area contributed by atoms with E-state index in [1.54, 1.807) is 48.5 Å². The summed E-state index contributed by atoms with van der Waals surface area (Å²) in [4.78, 5) is 84.6. The van der Waals surface area contributed by atoms with Crippen molar-refractivity contribution in [3.8, 4) is 0 Å². The molecule has 2 aliphatic rings. The zero-order valence-electron chi connectivity index (χ0n) is 36.4. The number of alkyl carbamates (subject to hydrolysis) is 2. The SMILES string of the molecule is COC(=O)N[C@@H](C(=O)N1CCC[C@H]1C(=O)Nc1ccc(CN(Cc2ccc(NC(=O)[C@@H]3CCCN3C(=O)[C@H](NC(=O)OC)c3ccccc3)cc2)c2ccccc2)cc1)c1ccccc1. The number of likely N-dealkylation sites (tertiary alicyclic amines) is 2. The van der Waals surface area contributed by atoms with E-state index in [1.807, 2.05) is 91.0 Å². The molecular weight excluding hydrogens is 827 g/mol. The van der Waals surface area contributed by atoms with E-state index in [1.165, 1.54) is 24.0 Å². The van der Waals surface area contributed by atoms with Crippen LogP contribution in [0.4, 0.5) is 26.7 Å². The van der Waals surface area contributed by atoms with Crippen molar-refractivity contribution in [1.29, 1.82) is 0 Å². The van der Waals surface area contributed by atoms with E-state index in [4.69, 9.17) is 9.47 Å². The molecule has 5 aromatic rings. The van der Waals surface area contributed by atoms with Crippen molar-refractivity contribution in [1.82, 2.24) is 20.4 Å². The van der Waals surface area contributed by atoms with Crippen LogP contribution in [0.3, 0.4) is 0 Å². The Hall–Kier alpha value is -7.68. The first-order valence-corrected chi connectivity index (χ1v) is 21.6. The molecular formula is C50H53N7O8. The van der Waals surface area contributed by atoms with E-state index >= 15 is 0 Å². The van der Waals surface area contributed by atoms with Crippen molar-refractivity contribution in [2.75, 3.05) is 42.8 Å². The Morgan fingerprint density at radius 3 is 1.28 bits per heavy atom. The van der Waals surface area contributed by atoms with Gasteiger partial charge >= 0.3 is 12.2 Å². The average Bonchev–Trinajstić information content (AvgIpc) is 4.06. The number of hydrogen-bond acceptors (Lipinski definition) is 9. The summed E-state index contributed by atoms with van der Waals surface area (Å²) in [7, 11) is 2.47. The number of methoxy groups -OCH3 is 2. The van der Waals surface area contributed by atoms with E-state index in [-0.39, 0.29) is 23.6 Å². The summed E-state index contributed by atoms with van der Waals surface area (Å²) in [5, 5.41) is 11.2. The standard InChI is InChI=1S/C50H53N7O8/c1-64-49(62)53-43(36-14-6-3-7-15-36)47(60)56-30-12-20-41(56)45(58)51-38-26-22-34(23-27-38)32-55(40-18-10-5-11-19-40)33-35-24-28-39(29-25-35)52-46(59)42-21-13-31-57(42)48(61)44(54-50(63)65-2)37-16-8-4-9-17-37/h3-11,14-19,22-29,41-44H,12-13,20-21,30-33H2,1-2H3,(H,51,58)(H,52,59)(H,53,62)(H,54,63)/t41-,42-,43+,44+/m0/s1. The topological polar surface area (TPSA) is 179 Å². The first kappa shape index (κ1) is 45.3. The van der Waals surface area contributed by atoms with Crippen molar-refractivity contribution < 1.29 is 38.2 Å². The minimum atomic E-state index is -1.01. The predicted octanol–water partition coefficient (Wildman–Crippen LogP) is 6.95. The second-order valence-corrected chi connectivity index (χ2v) is 15.9. The summed E-state index contributed by atoms with van der Waals surface area (Å²) in [6.45, 7) is 1.86. The first-order chi connectivity index (χ1) is 31.6. The van der Waals surface area contributed by atoms with Crippen LogP contribution in [0.15, 0.2) is 140 Å². The molecule has 0 bridgehead atoms. The fraction of sp³-hybridized carbons (Fsp3) is 0.280. The molecule has 2 saturated heterocycles. The van der Waals surface area contributed by atoms with Crippen LogP contribution < -0.4 is 26.2 Å². The molecule has 15 heteroatoms.